The van der Waals surface area contributed by atoms with Gasteiger partial charge in [0.25, 0.3) is 0 Å². The zero-order valence-electron chi connectivity index (χ0n) is 22.6. The Labute approximate surface area is 237 Å². The number of aryl methyl sites for hydroxylation is 1. The average molecular weight is 572 g/mol. The summed E-state index contributed by atoms with van der Waals surface area (Å²) in [6.07, 6.45) is 10.3. The molecule has 0 aromatic carbocycles. The molecule has 39 heavy (non-hydrogen) atoms. The molecule has 0 aliphatic heterocycles. The van der Waals surface area contributed by atoms with Crippen molar-refractivity contribution < 1.29 is 14.6 Å². The number of carbonyl (C=O) groups excluding carboxylic acids is 1. The monoisotopic (exact) mass is 571 g/mol. The maximum atomic E-state index is 13.6. The highest BCUT2D eigenvalue weighted by molar-refractivity contribution is 7.09. The first-order chi connectivity index (χ1) is 18.9. The summed E-state index contributed by atoms with van der Waals surface area (Å²) in [7, 11) is 1.55. The summed E-state index contributed by atoms with van der Waals surface area (Å²) in [6.45, 7) is 6.54. The van der Waals surface area contributed by atoms with E-state index in [1.54, 1.807) is 46.3 Å². The van der Waals surface area contributed by atoms with E-state index in [9.17, 15) is 4.79 Å². The number of nitrogens with one attached hydrogen (secondary N) is 1. The largest absolute Gasteiger partial charge is 0.481 e. The number of imidazole rings is 1. The SMILES string of the molecule is CCN(C(=O)NC(CCCCCO)c1csc(C)n1)[C@H](C)c1cnc(OC)c(-c2cn3ccnc3c(Cl)n2)c1. The van der Waals surface area contributed by atoms with Gasteiger partial charge in [-0.05, 0) is 45.2 Å². The van der Waals surface area contributed by atoms with Crippen LogP contribution in [-0.2, 0) is 0 Å². The van der Waals surface area contributed by atoms with Crippen molar-refractivity contribution in [2.24, 2.45) is 0 Å². The normalized spacial score (nSPS) is 12.9. The molecule has 0 radical (unpaired) electrons. The second kappa shape index (κ2) is 13.2. The quantitative estimate of drug-likeness (QED) is 0.212. The second-order valence-electron chi connectivity index (χ2n) is 9.23. The number of urea groups is 1. The van der Waals surface area contributed by atoms with E-state index in [0.29, 0.717) is 29.3 Å². The second-order valence-corrected chi connectivity index (χ2v) is 10.6. The Morgan fingerprint density at radius 2 is 2.10 bits per heavy atom. The topological polar surface area (TPSA) is 118 Å². The molecule has 4 aromatic rings. The van der Waals surface area contributed by atoms with Gasteiger partial charge in [-0.2, -0.15) is 0 Å². The lowest BCUT2D eigenvalue weighted by molar-refractivity contribution is 0.177. The number of hydrogen-bond donors (Lipinski definition) is 2. The number of amides is 2. The third-order valence-electron chi connectivity index (χ3n) is 6.67. The van der Waals surface area contributed by atoms with Crippen molar-refractivity contribution in [1.29, 1.82) is 0 Å². The number of carbonyl (C=O) groups is 1. The highest BCUT2D eigenvalue weighted by Gasteiger charge is 2.26. The van der Waals surface area contributed by atoms with E-state index in [1.807, 2.05) is 38.4 Å². The van der Waals surface area contributed by atoms with Crippen LogP contribution in [0.1, 0.15) is 67.9 Å². The van der Waals surface area contributed by atoms with E-state index in [2.05, 4.69) is 25.3 Å². The van der Waals surface area contributed by atoms with Gasteiger partial charge in [0.05, 0.1) is 41.2 Å². The van der Waals surface area contributed by atoms with Gasteiger partial charge in [-0.15, -0.1) is 11.3 Å². The number of pyridine rings is 1. The van der Waals surface area contributed by atoms with Crippen LogP contribution < -0.4 is 10.1 Å². The van der Waals surface area contributed by atoms with Crippen LogP contribution >= 0.6 is 22.9 Å². The van der Waals surface area contributed by atoms with E-state index in [4.69, 9.17) is 21.4 Å². The molecule has 2 atom stereocenters. The summed E-state index contributed by atoms with van der Waals surface area (Å²) in [5, 5.41) is 15.6. The fourth-order valence-corrected chi connectivity index (χ4v) is 5.45. The van der Waals surface area contributed by atoms with Gasteiger partial charge in [-0.1, -0.05) is 24.4 Å². The average Bonchev–Trinajstić information content (AvgIpc) is 3.59. The van der Waals surface area contributed by atoms with Gasteiger partial charge >= 0.3 is 6.03 Å². The van der Waals surface area contributed by atoms with Crippen LogP contribution in [0.3, 0.4) is 0 Å². The van der Waals surface area contributed by atoms with Crippen LogP contribution in [0.15, 0.2) is 36.2 Å². The summed E-state index contributed by atoms with van der Waals surface area (Å²) in [5.41, 5.74) is 3.50. The van der Waals surface area contributed by atoms with Gasteiger partial charge in [-0.3, -0.25) is 0 Å². The minimum atomic E-state index is -0.285. The maximum Gasteiger partial charge on any atom is 0.318 e. The summed E-state index contributed by atoms with van der Waals surface area (Å²) in [5.74, 6) is 0.406. The number of aliphatic hydroxyl groups excluding tert-OH is 1. The lowest BCUT2D eigenvalue weighted by atomic mass is 10.0. The first-order valence-electron chi connectivity index (χ1n) is 13.0. The number of nitrogens with zero attached hydrogens (tertiary/aromatic N) is 6. The van der Waals surface area contributed by atoms with Crippen LogP contribution in [0.2, 0.25) is 5.15 Å². The molecule has 0 saturated heterocycles. The number of aromatic nitrogens is 5. The van der Waals surface area contributed by atoms with Gasteiger partial charge < -0.3 is 24.5 Å². The molecular formula is C27H34ClN7O3S. The van der Waals surface area contributed by atoms with Crippen LogP contribution in [0, 0.1) is 6.92 Å². The van der Waals surface area contributed by atoms with Gasteiger partial charge in [0.1, 0.15) is 0 Å². The van der Waals surface area contributed by atoms with Gasteiger partial charge in [-0.25, -0.2) is 24.7 Å². The summed E-state index contributed by atoms with van der Waals surface area (Å²) < 4.78 is 7.33. The Bertz CT molecular complexity index is 1410. The zero-order valence-corrected chi connectivity index (χ0v) is 24.2. The van der Waals surface area contributed by atoms with Crippen molar-refractivity contribution in [2.45, 2.75) is 58.5 Å². The number of halogens is 1. The molecule has 0 bridgehead atoms. The highest BCUT2D eigenvalue weighted by Crippen LogP contribution is 2.32. The van der Waals surface area contributed by atoms with Crippen LogP contribution in [0.4, 0.5) is 4.79 Å². The number of rotatable bonds is 12. The zero-order chi connectivity index (χ0) is 27.9. The molecule has 0 fully saturated rings. The van der Waals surface area contributed by atoms with Crippen molar-refractivity contribution in [3.8, 4) is 17.1 Å². The lowest BCUT2D eigenvalue weighted by Crippen LogP contribution is -2.43. The Hall–Kier alpha value is -3.28. The van der Waals surface area contributed by atoms with Crippen LogP contribution in [0.5, 0.6) is 5.88 Å². The van der Waals surface area contributed by atoms with Gasteiger partial charge in [0.15, 0.2) is 10.8 Å². The fourth-order valence-electron chi connectivity index (χ4n) is 4.54. The standard InChI is InChI=1S/C27H34ClN7O3S/c1-5-35(27(37)33-21(9-7-6-8-12-36)23-16-39-18(3)31-23)17(2)19-13-20(26(38-4)30-14-19)22-15-34-11-10-29-25(34)24(28)32-22/h10-11,13-17,21,36H,5-9,12H2,1-4H3,(H,33,37)/t17-,21?/m1/s1. The van der Waals surface area contributed by atoms with E-state index in [-0.39, 0.29) is 29.9 Å². The van der Waals surface area contributed by atoms with Gasteiger partial charge in [0.2, 0.25) is 5.88 Å². The number of hydrogen-bond acceptors (Lipinski definition) is 8. The molecular weight excluding hydrogens is 538 g/mol. The molecule has 1 unspecified atom stereocenters. The molecule has 12 heteroatoms. The lowest BCUT2D eigenvalue weighted by Gasteiger charge is -2.30. The van der Waals surface area contributed by atoms with Crippen molar-refractivity contribution >= 4 is 34.6 Å². The third kappa shape index (κ3) is 6.66. The number of fused-ring (bicyclic) bond motifs is 1. The minimum absolute atomic E-state index is 0.170. The number of unbranched alkanes of at least 4 members (excludes halogenated alkanes) is 2. The summed E-state index contributed by atoms with van der Waals surface area (Å²) in [6, 6.07) is 1.26. The van der Waals surface area contributed by atoms with Crippen molar-refractivity contribution in [3.63, 3.8) is 0 Å². The molecule has 0 saturated carbocycles. The number of thiazole rings is 1. The van der Waals surface area contributed by atoms with E-state index < -0.39 is 0 Å². The molecule has 0 aliphatic rings. The Morgan fingerprint density at radius 1 is 1.28 bits per heavy atom. The predicted octanol–water partition coefficient (Wildman–Crippen LogP) is 5.60. The number of methoxy groups -OCH3 is 1. The van der Waals surface area contributed by atoms with Crippen LogP contribution in [0.25, 0.3) is 16.9 Å². The Kier molecular flexibility index (Phi) is 9.71. The Balaban J connectivity index is 1.58. The van der Waals surface area contributed by atoms with Crippen LogP contribution in [-0.4, -0.2) is 60.6 Å². The van der Waals surface area contributed by atoms with E-state index in [1.165, 1.54) is 0 Å². The number of aliphatic hydroxyl groups is 1. The molecule has 4 rings (SSSR count). The fraction of sp³-hybridized carbons (Fsp3) is 0.444. The molecule has 0 spiro atoms. The Morgan fingerprint density at radius 3 is 2.79 bits per heavy atom. The van der Waals surface area contributed by atoms with Crippen molar-refractivity contribution in [1.82, 2.24) is 34.6 Å². The highest BCUT2D eigenvalue weighted by atomic mass is 35.5. The van der Waals surface area contributed by atoms with Gasteiger partial charge in [0, 0.05) is 43.3 Å². The van der Waals surface area contributed by atoms with E-state index >= 15 is 0 Å². The number of ether oxygens (including phenoxy) is 1. The first-order valence-corrected chi connectivity index (χ1v) is 14.3. The molecule has 0 aliphatic carbocycles. The first kappa shape index (κ1) is 28.7. The van der Waals surface area contributed by atoms with E-state index in [0.717, 1.165) is 41.9 Å². The predicted molar refractivity (Wildman–Crippen MR) is 152 cm³/mol. The molecule has 4 heterocycles. The molecule has 10 nitrogen and oxygen atoms in total. The smallest absolute Gasteiger partial charge is 0.318 e. The summed E-state index contributed by atoms with van der Waals surface area (Å²) in [4.78, 5) is 33.2. The molecule has 2 N–H and O–H groups in total. The third-order valence-corrected chi connectivity index (χ3v) is 7.71. The molecule has 2 amide bonds. The van der Waals surface area contributed by atoms with Crippen molar-refractivity contribution in [2.75, 3.05) is 20.3 Å². The summed E-state index contributed by atoms with van der Waals surface area (Å²) >= 11 is 7.96. The van der Waals surface area contributed by atoms with Crippen molar-refractivity contribution in [3.05, 3.63) is 57.7 Å². The molecule has 208 valence electrons. The maximum absolute atomic E-state index is 13.6. The molecule has 4 aromatic heterocycles. The minimum Gasteiger partial charge on any atom is -0.481 e.